The second-order valence-corrected chi connectivity index (χ2v) is 12.7. The highest BCUT2D eigenvalue weighted by molar-refractivity contribution is 5.37. The van der Waals surface area contributed by atoms with Crippen molar-refractivity contribution in [2.45, 2.75) is 60.7 Å². The first-order valence-corrected chi connectivity index (χ1v) is 14.0. The summed E-state index contributed by atoms with van der Waals surface area (Å²) >= 11 is 0. The number of aromatic nitrogens is 4. The molecule has 0 atom stereocenters. The van der Waals surface area contributed by atoms with Gasteiger partial charge in [0.25, 0.3) is 0 Å². The van der Waals surface area contributed by atoms with Crippen LogP contribution in [0.15, 0.2) is 85.2 Å². The molecule has 0 spiro atoms. The van der Waals surface area contributed by atoms with Crippen molar-refractivity contribution in [2.24, 2.45) is 10.8 Å². The third-order valence-corrected chi connectivity index (χ3v) is 6.24. The molecule has 0 bridgehead atoms. The summed E-state index contributed by atoms with van der Waals surface area (Å²) in [4.78, 5) is 21.8. The quantitative estimate of drug-likeness (QED) is 0.214. The molecule has 7 heteroatoms. The minimum absolute atomic E-state index is 0.157. The third kappa shape index (κ3) is 9.12. The van der Waals surface area contributed by atoms with Crippen molar-refractivity contribution in [3.8, 4) is 0 Å². The van der Waals surface area contributed by atoms with E-state index >= 15 is 0 Å². The standard InChI is InChI=1S/C33H43N7/c1-32(2,3)23-36-29-17-11-13-25(38-29)21-40(22-26-14-12-18-30(39-26)37-24-33(4,5)6)31(27-15-7-9-19-34-27)28-16-8-10-20-35-28/h7-20,31H,21-24H2,1-6H3,(H,36,38)(H,37,39). The molecule has 210 valence electrons. The van der Waals surface area contributed by atoms with E-state index in [0.29, 0.717) is 13.1 Å². The minimum Gasteiger partial charge on any atom is -0.370 e. The van der Waals surface area contributed by atoms with Gasteiger partial charge in [0, 0.05) is 38.6 Å². The molecule has 4 aromatic heterocycles. The van der Waals surface area contributed by atoms with Crippen LogP contribution in [-0.2, 0) is 13.1 Å². The average molecular weight is 538 g/mol. The maximum absolute atomic E-state index is 4.97. The Kier molecular flexibility index (Phi) is 9.48. The monoisotopic (exact) mass is 537 g/mol. The predicted octanol–water partition coefficient (Wildman–Crippen LogP) is 6.97. The lowest BCUT2D eigenvalue weighted by Gasteiger charge is -2.31. The molecule has 0 saturated carbocycles. The van der Waals surface area contributed by atoms with E-state index in [0.717, 1.165) is 47.5 Å². The zero-order valence-electron chi connectivity index (χ0n) is 24.7. The van der Waals surface area contributed by atoms with E-state index in [-0.39, 0.29) is 16.9 Å². The smallest absolute Gasteiger partial charge is 0.126 e. The number of rotatable bonds is 11. The van der Waals surface area contributed by atoms with Gasteiger partial charge in [0.2, 0.25) is 0 Å². The fourth-order valence-corrected chi connectivity index (χ4v) is 4.30. The third-order valence-electron chi connectivity index (χ3n) is 6.24. The Labute approximate surface area is 239 Å². The van der Waals surface area contributed by atoms with Crippen LogP contribution >= 0.6 is 0 Å². The first-order chi connectivity index (χ1) is 19.1. The van der Waals surface area contributed by atoms with Crippen LogP contribution in [0.25, 0.3) is 0 Å². The van der Waals surface area contributed by atoms with Gasteiger partial charge in [0.15, 0.2) is 0 Å². The minimum atomic E-state index is -0.177. The second-order valence-electron chi connectivity index (χ2n) is 12.7. The molecule has 0 aliphatic heterocycles. The Morgan fingerprint density at radius 1 is 0.600 bits per heavy atom. The van der Waals surface area contributed by atoms with E-state index in [1.165, 1.54) is 0 Å². The van der Waals surface area contributed by atoms with E-state index in [9.17, 15) is 0 Å². The molecule has 40 heavy (non-hydrogen) atoms. The highest BCUT2D eigenvalue weighted by Crippen LogP contribution is 2.29. The number of anilines is 2. The fourth-order valence-electron chi connectivity index (χ4n) is 4.30. The molecule has 0 aliphatic rings. The second kappa shape index (κ2) is 13.0. The molecule has 0 amide bonds. The lowest BCUT2D eigenvalue weighted by atomic mass is 9.97. The Balaban J connectivity index is 1.69. The van der Waals surface area contributed by atoms with E-state index in [1.54, 1.807) is 0 Å². The molecule has 2 N–H and O–H groups in total. The van der Waals surface area contributed by atoms with Gasteiger partial charge in [0.1, 0.15) is 11.6 Å². The van der Waals surface area contributed by atoms with E-state index in [2.05, 4.69) is 93.5 Å². The molecule has 0 radical (unpaired) electrons. The van der Waals surface area contributed by atoms with Crippen LogP contribution in [0.3, 0.4) is 0 Å². The summed E-state index contributed by atoms with van der Waals surface area (Å²) in [5.74, 6) is 1.76. The molecule has 0 aromatic carbocycles. The van der Waals surface area contributed by atoms with Crippen molar-refractivity contribution in [3.05, 3.63) is 108 Å². The van der Waals surface area contributed by atoms with Gasteiger partial charge < -0.3 is 10.6 Å². The molecular weight excluding hydrogens is 494 g/mol. The van der Waals surface area contributed by atoms with Crippen LogP contribution in [0, 0.1) is 10.8 Å². The van der Waals surface area contributed by atoms with E-state index in [1.807, 2.05) is 48.8 Å². The first-order valence-electron chi connectivity index (χ1n) is 14.0. The Bertz CT molecular complexity index is 1230. The van der Waals surface area contributed by atoms with E-state index in [4.69, 9.17) is 19.9 Å². The van der Waals surface area contributed by atoms with Crippen LogP contribution in [0.4, 0.5) is 11.6 Å². The SMILES string of the molecule is CC(C)(C)CNc1cccc(CN(Cc2cccc(NCC(C)(C)C)n2)C(c2ccccn2)c2ccccn2)n1. The van der Waals surface area contributed by atoms with Crippen LogP contribution in [-0.4, -0.2) is 37.9 Å². The van der Waals surface area contributed by atoms with Crippen molar-refractivity contribution in [1.82, 2.24) is 24.8 Å². The van der Waals surface area contributed by atoms with Crippen molar-refractivity contribution in [1.29, 1.82) is 0 Å². The summed E-state index contributed by atoms with van der Waals surface area (Å²) in [6.07, 6.45) is 3.68. The normalized spacial score (nSPS) is 12.1. The van der Waals surface area contributed by atoms with Gasteiger partial charge in [-0.25, -0.2) is 9.97 Å². The fraction of sp³-hybridized carbons (Fsp3) is 0.394. The zero-order chi connectivity index (χ0) is 28.6. The van der Waals surface area contributed by atoms with Gasteiger partial charge in [-0.2, -0.15) is 0 Å². The van der Waals surface area contributed by atoms with Gasteiger partial charge in [-0.05, 0) is 59.4 Å². The number of nitrogens with zero attached hydrogens (tertiary/aromatic N) is 5. The van der Waals surface area contributed by atoms with Gasteiger partial charge in [0.05, 0.1) is 28.8 Å². The van der Waals surface area contributed by atoms with Gasteiger partial charge in [-0.1, -0.05) is 65.8 Å². The summed E-state index contributed by atoms with van der Waals surface area (Å²) < 4.78 is 0. The van der Waals surface area contributed by atoms with Gasteiger partial charge in [-0.3, -0.25) is 14.9 Å². The summed E-state index contributed by atoms with van der Waals surface area (Å²) in [5, 5.41) is 7.00. The first kappa shape index (κ1) is 29.2. The number of pyridine rings is 4. The van der Waals surface area contributed by atoms with Crippen LogP contribution in [0.1, 0.15) is 70.4 Å². The van der Waals surface area contributed by atoms with Crippen molar-refractivity contribution in [2.75, 3.05) is 23.7 Å². The molecule has 7 nitrogen and oxygen atoms in total. The molecule has 0 unspecified atom stereocenters. The number of hydrogen-bond donors (Lipinski definition) is 2. The summed E-state index contributed by atoms with van der Waals surface area (Å²) in [6, 6.07) is 24.3. The lowest BCUT2D eigenvalue weighted by molar-refractivity contribution is 0.195. The topological polar surface area (TPSA) is 78.9 Å². The molecule has 0 aliphatic carbocycles. The van der Waals surface area contributed by atoms with Gasteiger partial charge in [-0.15, -0.1) is 0 Å². The molecule has 4 rings (SSSR count). The Morgan fingerprint density at radius 3 is 1.43 bits per heavy atom. The average Bonchev–Trinajstić information content (AvgIpc) is 2.92. The van der Waals surface area contributed by atoms with Crippen molar-refractivity contribution in [3.63, 3.8) is 0 Å². The molecule has 0 saturated heterocycles. The summed E-state index contributed by atoms with van der Waals surface area (Å²) in [6.45, 7) is 16.2. The molecule has 4 heterocycles. The highest BCUT2D eigenvalue weighted by Gasteiger charge is 2.26. The largest absolute Gasteiger partial charge is 0.370 e. The van der Waals surface area contributed by atoms with Crippen molar-refractivity contribution >= 4 is 11.6 Å². The highest BCUT2D eigenvalue weighted by atomic mass is 15.2. The maximum Gasteiger partial charge on any atom is 0.126 e. The zero-order valence-corrected chi connectivity index (χ0v) is 24.7. The van der Waals surface area contributed by atoms with Crippen molar-refractivity contribution < 1.29 is 0 Å². The lowest BCUT2D eigenvalue weighted by Crippen LogP contribution is -2.31. The molecule has 0 fully saturated rings. The maximum atomic E-state index is 4.97. The Morgan fingerprint density at radius 2 is 1.05 bits per heavy atom. The van der Waals surface area contributed by atoms with Crippen LogP contribution < -0.4 is 10.6 Å². The summed E-state index contributed by atoms with van der Waals surface area (Å²) in [7, 11) is 0. The number of hydrogen-bond acceptors (Lipinski definition) is 7. The Hall–Kier alpha value is -3.84. The number of nitrogens with one attached hydrogen (secondary N) is 2. The molecular formula is C33H43N7. The molecule has 4 aromatic rings. The van der Waals surface area contributed by atoms with Crippen LogP contribution in [0.2, 0.25) is 0 Å². The summed E-state index contributed by atoms with van der Waals surface area (Å²) in [5.41, 5.74) is 4.13. The predicted molar refractivity (Wildman–Crippen MR) is 164 cm³/mol. The van der Waals surface area contributed by atoms with E-state index < -0.39 is 0 Å². The van der Waals surface area contributed by atoms with Gasteiger partial charge >= 0.3 is 0 Å². The van der Waals surface area contributed by atoms with Crippen LogP contribution in [0.5, 0.6) is 0 Å².